The lowest BCUT2D eigenvalue weighted by molar-refractivity contribution is 0.360. The lowest BCUT2D eigenvalue weighted by atomic mass is 9.85. The Balaban J connectivity index is 2.18. The SMILES string of the molecule is CCc1onc(C2CCCCC2)c1C. The minimum atomic E-state index is 0.674. The number of rotatable bonds is 2. The number of hydrogen-bond donors (Lipinski definition) is 0. The van der Waals surface area contributed by atoms with Crippen molar-refractivity contribution in [1.82, 2.24) is 5.16 Å². The molecule has 1 aliphatic carbocycles. The third kappa shape index (κ3) is 1.70. The van der Waals surface area contributed by atoms with Crippen LogP contribution < -0.4 is 0 Å². The van der Waals surface area contributed by atoms with Gasteiger partial charge in [0, 0.05) is 17.9 Å². The molecular weight excluding hydrogens is 174 g/mol. The summed E-state index contributed by atoms with van der Waals surface area (Å²) in [6.45, 7) is 4.28. The zero-order valence-electron chi connectivity index (χ0n) is 9.18. The predicted molar refractivity (Wildman–Crippen MR) is 56.4 cm³/mol. The standard InChI is InChI=1S/C12H19NO/c1-3-11-9(2)12(13-14-11)10-7-5-4-6-8-10/h10H,3-8H2,1-2H3. The van der Waals surface area contributed by atoms with Crippen molar-refractivity contribution in [3.8, 4) is 0 Å². The van der Waals surface area contributed by atoms with E-state index in [0.29, 0.717) is 5.92 Å². The molecule has 78 valence electrons. The van der Waals surface area contributed by atoms with Crippen LogP contribution in [0.1, 0.15) is 62.0 Å². The van der Waals surface area contributed by atoms with Crippen molar-refractivity contribution < 1.29 is 4.52 Å². The highest BCUT2D eigenvalue weighted by atomic mass is 16.5. The molecule has 0 aliphatic heterocycles. The van der Waals surface area contributed by atoms with Crippen LogP contribution in [0.3, 0.4) is 0 Å². The van der Waals surface area contributed by atoms with Crippen LogP contribution >= 0.6 is 0 Å². The first kappa shape index (κ1) is 9.75. The monoisotopic (exact) mass is 193 g/mol. The van der Waals surface area contributed by atoms with Gasteiger partial charge in [0.05, 0.1) is 5.69 Å². The molecule has 0 N–H and O–H groups in total. The van der Waals surface area contributed by atoms with Gasteiger partial charge in [-0.2, -0.15) is 0 Å². The summed E-state index contributed by atoms with van der Waals surface area (Å²) >= 11 is 0. The molecule has 0 atom stereocenters. The van der Waals surface area contributed by atoms with Crippen LogP contribution in [-0.2, 0) is 6.42 Å². The van der Waals surface area contributed by atoms with E-state index in [1.54, 1.807) is 0 Å². The molecule has 1 fully saturated rings. The first-order valence-corrected chi connectivity index (χ1v) is 5.78. The van der Waals surface area contributed by atoms with Crippen molar-refractivity contribution in [1.29, 1.82) is 0 Å². The van der Waals surface area contributed by atoms with Crippen molar-refractivity contribution in [3.63, 3.8) is 0 Å². The van der Waals surface area contributed by atoms with Crippen molar-refractivity contribution >= 4 is 0 Å². The Morgan fingerprint density at radius 3 is 2.57 bits per heavy atom. The van der Waals surface area contributed by atoms with Crippen LogP contribution in [0.4, 0.5) is 0 Å². The van der Waals surface area contributed by atoms with Gasteiger partial charge in [0.25, 0.3) is 0 Å². The average molecular weight is 193 g/mol. The Labute approximate surface area is 85.7 Å². The second-order valence-corrected chi connectivity index (χ2v) is 4.30. The summed E-state index contributed by atoms with van der Waals surface area (Å²) in [6, 6.07) is 0. The van der Waals surface area contributed by atoms with Gasteiger partial charge in [-0.3, -0.25) is 0 Å². The molecule has 1 heterocycles. The Bertz CT molecular complexity index is 297. The molecule has 1 saturated carbocycles. The molecule has 0 bridgehead atoms. The fourth-order valence-electron chi connectivity index (χ4n) is 2.47. The van der Waals surface area contributed by atoms with Gasteiger partial charge in [-0.1, -0.05) is 31.3 Å². The highest BCUT2D eigenvalue weighted by molar-refractivity contribution is 5.24. The Hall–Kier alpha value is -0.790. The van der Waals surface area contributed by atoms with Crippen LogP contribution in [-0.4, -0.2) is 5.16 Å². The van der Waals surface area contributed by atoms with E-state index in [0.717, 1.165) is 12.2 Å². The molecule has 1 aliphatic rings. The molecule has 2 heteroatoms. The Morgan fingerprint density at radius 2 is 2.00 bits per heavy atom. The first-order valence-electron chi connectivity index (χ1n) is 5.78. The van der Waals surface area contributed by atoms with E-state index in [1.807, 2.05) is 0 Å². The zero-order valence-corrected chi connectivity index (χ0v) is 9.18. The smallest absolute Gasteiger partial charge is 0.139 e. The summed E-state index contributed by atoms with van der Waals surface area (Å²) in [5.41, 5.74) is 2.54. The van der Waals surface area contributed by atoms with E-state index in [1.165, 1.54) is 43.4 Å². The molecule has 1 aromatic heterocycles. The molecule has 2 nitrogen and oxygen atoms in total. The number of nitrogens with zero attached hydrogens (tertiary/aromatic N) is 1. The third-order valence-corrected chi connectivity index (χ3v) is 3.37. The van der Waals surface area contributed by atoms with Crippen LogP contribution in [0.15, 0.2) is 4.52 Å². The maximum atomic E-state index is 5.35. The summed E-state index contributed by atoms with van der Waals surface area (Å²) in [4.78, 5) is 0. The summed E-state index contributed by atoms with van der Waals surface area (Å²) in [5.74, 6) is 1.75. The Morgan fingerprint density at radius 1 is 1.29 bits per heavy atom. The summed E-state index contributed by atoms with van der Waals surface area (Å²) in [7, 11) is 0. The molecule has 2 rings (SSSR count). The third-order valence-electron chi connectivity index (χ3n) is 3.37. The fourth-order valence-corrected chi connectivity index (χ4v) is 2.47. The highest BCUT2D eigenvalue weighted by Crippen LogP contribution is 2.34. The minimum absolute atomic E-state index is 0.674. The molecule has 0 spiro atoms. The lowest BCUT2D eigenvalue weighted by Gasteiger charge is -2.19. The van der Waals surface area contributed by atoms with E-state index in [4.69, 9.17) is 4.52 Å². The lowest BCUT2D eigenvalue weighted by Crippen LogP contribution is -2.06. The molecule has 0 amide bonds. The maximum absolute atomic E-state index is 5.35. The van der Waals surface area contributed by atoms with Crippen molar-refractivity contribution in [2.75, 3.05) is 0 Å². The quantitative estimate of drug-likeness (QED) is 0.717. The average Bonchev–Trinajstić information content (AvgIpc) is 2.61. The van der Waals surface area contributed by atoms with Crippen LogP contribution in [0.25, 0.3) is 0 Å². The largest absolute Gasteiger partial charge is 0.361 e. The minimum Gasteiger partial charge on any atom is -0.361 e. The molecule has 0 unspecified atom stereocenters. The number of hydrogen-bond acceptors (Lipinski definition) is 2. The topological polar surface area (TPSA) is 26.0 Å². The maximum Gasteiger partial charge on any atom is 0.139 e. The summed E-state index contributed by atoms with van der Waals surface area (Å²) in [6.07, 6.45) is 7.68. The first-order chi connectivity index (χ1) is 6.83. The number of aryl methyl sites for hydroxylation is 1. The van der Waals surface area contributed by atoms with Crippen LogP contribution in [0, 0.1) is 6.92 Å². The van der Waals surface area contributed by atoms with Crippen LogP contribution in [0.2, 0.25) is 0 Å². The van der Waals surface area contributed by atoms with Gasteiger partial charge in [0.1, 0.15) is 5.76 Å². The van der Waals surface area contributed by atoms with Crippen molar-refractivity contribution in [3.05, 3.63) is 17.0 Å². The van der Waals surface area contributed by atoms with Gasteiger partial charge in [-0.25, -0.2) is 0 Å². The molecule has 0 radical (unpaired) electrons. The van der Waals surface area contributed by atoms with Gasteiger partial charge >= 0.3 is 0 Å². The zero-order chi connectivity index (χ0) is 9.97. The van der Waals surface area contributed by atoms with Gasteiger partial charge in [0.2, 0.25) is 0 Å². The molecule has 0 saturated heterocycles. The van der Waals surface area contributed by atoms with Crippen LogP contribution in [0.5, 0.6) is 0 Å². The molecular formula is C12H19NO. The summed E-state index contributed by atoms with van der Waals surface area (Å²) < 4.78 is 5.35. The summed E-state index contributed by atoms with van der Waals surface area (Å²) in [5, 5.41) is 4.24. The van der Waals surface area contributed by atoms with Gasteiger partial charge < -0.3 is 4.52 Å². The number of aromatic nitrogens is 1. The van der Waals surface area contributed by atoms with E-state index in [2.05, 4.69) is 19.0 Å². The van der Waals surface area contributed by atoms with Gasteiger partial charge in [0.15, 0.2) is 0 Å². The van der Waals surface area contributed by atoms with Gasteiger partial charge in [-0.05, 0) is 19.8 Å². The van der Waals surface area contributed by atoms with Crippen molar-refractivity contribution in [2.45, 2.75) is 58.3 Å². The predicted octanol–water partition coefficient (Wildman–Crippen LogP) is 3.59. The van der Waals surface area contributed by atoms with Crippen molar-refractivity contribution in [2.24, 2.45) is 0 Å². The molecule has 0 aromatic carbocycles. The van der Waals surface area contributed by atoms with E-state index in [9.17, 15) is 0 Å². The second-order valence-electron chi connectivity index (χ2n) is 4.30. The molecule has 1 aromatic rings. The highest BCUT2D eigenvalue weighted by Gasteiger charge is 2.22. The van der Waals surface area contributed by atoms with E-state index < -0.39 is 0 Å². The van der Waals surface area contributed by atoms with E-state index in [-0.39, 0.29) is 0 Å². The van der Waals surface area contributed by atoms with E-state index >= 15 is 0 Å². The van der Waals surface area contributed by atoms with Gasteiger partial charge in [-0.15, -0.1) is 0 Å². The Kier molecular flexibility index (Phi) is 2.90. The second kappa shape index (κ2) is 4.16. The fraction of sp³-hybridized carbons (Fsp3) is 0.750. The normalized spacial score (nSPS) is 18.7. The molecule has 14 heavy (non-hydrogen) atoms.